The molecule has 0 aromatic carbocycles. The molecule has 0 aliphatic rings. The molecule has 1 amide bonds. The molecule has 0 radical (unpaired) electrons. The number of rotatable bonds is 4. The third-order valence-electron chi connectivity index (χ3n) is 2.08. The summed E-state index contributed by atoms with van der Waals surface area (Å²) in [5.74, 6) is -0.313. The fourth-order valence-corrected chi connectivity index (χ4v) is 1.88. The molecule has 1 aromatic heterocycles. The molecule has 1 rings (SSSR count). The molecule has 0 fully saturated rings. The van der Waals surface area contributed by atoms with Gasteiger partial charge in [0.15, 0.2) is 5.78 Å². The van der Waals surface area contributed by atoms with E-state index in [1.807, 2.05) is 0 Å². The van der Waals surface area contributed by atoms with Crippen molar-refractivity contribution < 1.29 is 14.3 Å². The molecule has 18 heavy (non-hydrogen) atoms. The number of alkyl carbamates (subject to hydrolysis) is 1. The molecular formula is C12H18N2O3S. The molecule has 1 unspecified atom stereocenters. The molecular weight excluding hydrogens is 252 g/mol. The van der Waals surface area contributed by atoms with E-state index in [4.69, 9.17) is 4.74 Å². The van der Waals surface area contributed by atoms with Gasteiger partial charge in [0.2, 0.25) is 0 Å². The van der Waals surface area contributed by atoms with Crippen LogP contribution >= 0.6 is 11.5 Å². The van der Waals surface area contributed by atoms with Crippen molar-refractivity contribution in [1.29, 1.82) is 0 Å². The third kappa shape index (κ3) is 4.83. The van der Waals surface area contributed by atoms with Crippen molar-refractivity contribution in [3.63, 3.8) is 0 Å². The number of ether oxygens (including phenoxy) is 1. The zero-order valence-electron chi connectivity index (χ0n) is 11.0. The number of carbonyl (C=O) groups is 2. The van der Waals surface area contributed by atoms with Crippen LogP contribution in [-0.2, 0) is 4.74 Å². The molecule has 0 saturated heterocycles. The van der Waals surface area contributed by atoms with Gasteiger partial charge in [-0.1, -0.05) is 6.92 Å². The molecule has 0 aliphatic carbocycles. The fourth-order valence-electron chi connectivity index (χ4n) is 1.23. The number of hydrogen-bond acceptors (Lipinski definition) is 5. The van der Waals surface area contributed by atoms with Gasteiger partial charge in [0.05, 0.1) is 4.88 Å². The van der Waals surface area contributed by atoms with Crippen LogP contribution in [0.3, 0.4) is 0 Å². The number of amides is 1. The largest absolute Gasteiger partial charge is 0.444 e. The average molecular weight is 270 g/mol. The lowest BCUT2D eigenvalue weighted by molar-refractivity contribution is 0.0520. The Bertz CT molecular complexity index is 409. The van der Waals surface area contributed by atoms with E-state index in [1.54, 1.807) is 40.0 Å². The normalized spacial score (nSPS) is 12.9. The highest BCUT2D eigenvalue weighted by Gasteiger charge is 2.20. The summed E-state index contributed by atoms with van der Waals surface area (Å²) in [6.45, 7) is 7.39. The van der Waals surface area contributed by atoms with Crippen LogP contribution < -0.4 is 5.32 Å². The summed E-state index contributed by atoms with van der Waals surface area (Å²) >= 11 is 1.16. The van der Waals surface area contributed by atoms with Crippen molar-refractivity contribution in [2.45, 2.75) is 33.3 Å². The summed E-state index contributed by atoms with van der Waals surface area (Å²) < 4.78 is 8.97. The number of ketones is 1. The van der Waals surface area contributed by atoms with E-state index in [1.165, 1.54) is 0 Å². The van der Waals surface area contributed by atoms with Crippen molar-refractivity contribution >= 4 is 23.4 Å². The molecule has 1 aromatic rings. The maximum atomic E-state index is 11.9. The summed E-state index contributed by atoms with van der Waals surface area (Å²) in [5, 5.41) is 2.58. The fraction of sp³-hybridized carbons (Fsp3) is 0.583. The molecule has 1 atom stereocenters. The first kappa shape index (κ1) is 14.6. The Kier molecular flexibility index (Phi) is 4.84. The summed E-state index contributed by atoms with van der Waals surface area (Å²) in [4.78, 5) is 23.9. The van der Waals surface area contributed by atoms with E-state index in [0.29, 0.717) is 4.88 Å². The van der Waals surface area contributed by atoms with Gasteiger partial charge in [-0.25, -0.2) is 9.17 Å². The van der Waals surface area contributed by atoms with Gasteiger partial charge >= 0.3 is 6.09 Å². The van der Waals surface area contributed by atoms with Gasteiger partial charge in [0, 0.05) is 18.7 Å². The van der Waals surface area contributed by atoms with Gasteiger partial charge in [-0.3, -0.25) is 4.79 Å². The molecule has 0 bridgehead atoms. The predicted molar refractivity (Wildman–Crippen MR) is 69.8 cm³/mol. The Balaban J connectivity index is 2.40. The summed E-state index contributed by atoms with van der Waals surface area (Å²) in [5.41, 5.74) is -0.533. The van der Waals surface area contributed by atoms with Gasteiger partial charge in [-0.05, 0) is 38.4 Å². The Hall–Kier alpha value is -1.43. The van der Waals surface area contributed by atoms with E-state index in [9.17, 15) is 9.59 Å². The minimum atomic E-state index is -0.533. The highest BCUT2D eigenvalue weighted by molar-refractivity contribution is 7.08. The predicted octanol–water partition coefficient (Wildman–Crippen LogP) is 2.49. The second-order valence-corrected chi connectivity index (χ2v) is 5.86. The van der Waals surface area contributed by atoms with Crippen molar-refractivity contribution in [3.8, 4) is 0 Å². The molecule has 6 heteroatoms. The molecule has 0 saturated carbocycles. The first-order valence-corrected chi connectivity index (χ1v) is 6.48. The maximum Gasteiger partial charge on any atom is 0.407 e. The molecule has 1 heterocycles. The zero-order chi connectivity index (χ0) is 13.8. The first-order valence-electron chi connectivity index (χ1n) is 5.71. The SMILES string of the molecule is CC(CNC(=O)OC(C)(C)C)C(=O)c1ccns1. The van der Waals surface area contributed by atoms with Crippen molar-refractivity contribution in [3.05, 3.63) is 17.1 Å². The number of nitrogens with zero attached hydrogens (tertiary/aromatic N) is 1. The van der Waals surface area contributed by atoms with E-state index < -0.39 is 11.7 Å². The topological polar surface area (TPSA) is 68.3 Å². The van der Waals surface area contributed by atoms with Crippen LogP contribution in [0.2, 0.25) is 0 Å². The van der Waals surface area contributed by atoms with Crippen LogP contribution in [0.4, 0.5) is 4.79 Å². The highest BCUT2D eigenvalue weighted by atomic mass is 32.1. The quantitative estimate of drug-likeness (QED) is 0.853. The standard InChI is InChI=1S/C12H18N2O3S/c1-8(10(15)9-5-6-14-18-9)7-13-11(16)17-12(2,3)4/h5-6,8H,7H2,1-4H3,(H,13,16). The van der Waals surface area contributed by atoms with Crippen LogP contribution in [-0.4, -0.2) is 28.4 Å². The van der Waals surface area contributed by atoms with Crippen LogP contribution in [0.15, 0.2) is 12.3 Å². The molecule has 0 aliphatic heterocycles. The van der Waals surface area contributed by atoms with E-state index in [0.717, 1.165) is 11.5 Å². The Morgan fingerprint density at radius 2 is 2.17 bits per heavy atom. The van der Waals surface area contributed by atoms with Crippen molar-refractivity contribution in [2.75, 3.05) is 6.54 Å². The van der Waals surface area contributed by atoms with Crippen LogP contribution in [0.5, 0.6) is 0 Å². The summed E-state index contributed by atoms with van der Waals surface area (Å²) in [6, 6.07) is 1.68. The van der Waals surface area contributed by atoms with E-state index in [2.05, 4.69) is 9.69 Å². The van der Waals surface area contributed by atoms with Crippen molar-refractivity contribution in [1.82, 2.24) is 9.69 Å². The lowest BCUT2D eigenvalue weighted by Crippen LogP contribution is -2.36. The number of nitrogens with one attached hydrogen (secondary N) is 1. The number of hydrogen-bond donors (Lipinski definition) is 1. The minimum Gasteiger partial charge on any atom is -0.444 e. The van der Waals surface area contributed by atoms with Gasteiger partial charge in [-0.15, -0.1) is 0 Å². The minimum absolute atomic E-state index is 0.0199. The first-order chi connectivity index (χ1) is 8.29. The lowest BCUT2D eigenvalue weighted by atomic mass is 10.1. The van der Waals surface area contributed by atoms with Crippen molar-refractivity contribution in [2.24, 2.45) is 5.92 Å². The van der Waals surface area contributed by atoms with E-state index in [-0.39, 0.29) is 18.2 Å². The monoisotopic (exact) mass is 270 g/mol. The average Bonchev–Trinajstić information content (AvgIpc) is 2.75. The van der Waals surface area contributed by atoms with Crippen LogP contribution in [0, 0.1) is 5.92 Å². The maximum absolute atomic E-state index is 11.9. The lowest BCUT2D eigenvalue weighted by Gasteiger charge is -2.20. The number of carbonyl (C=O) groups excluding carboxylic acids is 2. The smallest absolute Gasteiger partial charge is 0.407 e. The van der Waals surface area contributed by atoms with Gasteiger partial charge in [-0.2, -0.15) is 0 Å². The Morgan fingerprint density at radius 1 is 1.50 bits per heavy atom. The Labute approximate surface area is 111 Å². The van der Waals surface area contributed by atoms with Crippen LogP contribution in [0.25, 0.3) is 0 Å². The Morgan fingerprint density at radius 3 is 2.67 bits per heavy atom. The zero-order valence-corrected chi connectivity index (χ0v) is 11.8. The van der Waals surface area contributed by atoms with Gasteiger partial charge < -0.3 is 10.1 Å². The van der Waals surface area contributed by atoms with Crippen LogP contribution in [0.1, 0.15) is 37.4 Å². The summed E-state index contributed by atoms with van der Waals surface area (Å²) in [7, 11) is 0. The molecule has 5 nitrogen and oxygen atoms in total. The van der Waals surface area contributed by atoms with E-state index >= 15 is 0 Å². The van der Waals surface area contributed by atoms with Gasteiger partial charge in [0.1, 0.15) is 5.60 Å². The molecule has 0 spiro atoms. The number of aromatic nitrogens is 1. The highest BCUT2D eigenvalue weighted by Crippen LogP contribution is 2.12. The molecule has 1 N–H and O–H groups in total. The second kappa shape index (κ2) is 5.95. The second-order valence-electron chi connectivity index (χ2n) is 5.02. The summed E-state index contributed by atoms with van der Waals surface area (Å²) in [6.07, 6.45) is 1.08. The number of Topliss-reactive ketones (excluding diaryl/α,β-unsaturated/α-hetero) is 1. The molecule has 100 valence electrons. The van der Waals surface area contributed by atoms with Gasteiger partial charge in [0.25, 0.3) is 0 Å². The third-order valence-corrected chi connectivity index (χ3v) is 2.84.